The zero-order chi connectivity index (χ0) is 36.4. The first-order valence-electron chi connectivity index (χ1n) is 16.3. The number of ether oxygens (including phenoxy) is 3. The van der Waals surface area contributed by atoms with Gasteiger partial charge in [0.25, 0.3) is 0 Å². The number of piperidine rings is 3. The van der Waals surface area contributed by atoms with Crippen LogP contribution < -0.4 is 24.2 Å². The summed E-state index contributed by atoms with van der Waals surface area (Å²) in [5, 5.41) is 22.9. The molecule has 0 radical (unpaired) electrons. The molecule has 7 rings (SSSR count). The minimum Gasteiger partial charge on any atom is -0.545 e. The number of amides is 1. The van der Waals surface area contributed by atoms with Gasteiger partial charge in [-0.05, 0) is 79.2 Å². The van der Waals surface area contributed by atoms with E-state index in [4.69, 9.17) is 37.4 Å². The summed E-state index contributed by atoms with van der Waals surface area (Å²) in [6.45, 7) is 2.15. The SMILES string of the molecule is COc1ccc([C@H](Cc2c(Cl)c[n+](O)cc2Cl)c2cc(CN(C(=O)O[C@H]3CN4CCC3CC4)c3ccc(F)cc3F)ccc2C(=O)[O-])cc1OC. The minimum atomic E-state index is -1.47. The number of aromatic nitrogens is 1. The first-order chi connectivity index (χ1) is 24.4. The molecule has 0 spiro atoms. The summed E-state index contributed by atoms with van der Waals surface area (Å²) in [4.78, 5) is 29.8. The topological polar surface area (TPSA) is 115 Å². The van der Waals surface area contributed by atoms with Gasteiger partial charge in [0.15, 0.2) is 11.5 Å². The van der Waals surface area contributed by atoms with Crippen LogP contribution in [-0.4, -0.2) is 62.1 Å². The van der Waals surface area contributed by atoms with Gasteiger partial charge in [-0.3, -0.25) is 15.0 Å². The molecule has 2 atom stereocenters. The number of methoxy groups -OCH3 is 2. The molecule has 3 aromatic carbocycles. The van der Waals surface area contributed by atoms with E-state index in [1.54, 1.807) is 24.3 Å². The summed E-state index contributed by atoms with van der Waals surface area (Å²) in [7, 11) is 2.95. The average Bonchev–Trinajstić information content (AvgIpc) is 3.10. The maximum atomic E-state index is 15.3. The Bertz CT molecular complexity index is 1930. The van der Waals surface area contributed by atoms with Crippen LogP contribution >= 0.6 is 23.2 Å². The van der Waals surface area contributed by atoms with Crippen molar-refractivity contribution in [2.45, 2.75) is 37.8 Å². The highest BCUT2D eigenvalue weighted by molar-refractivity contribution is 6.35. The van der Waals surface area contributed by atoms with E-state index in [1.165, 1.54) is 38.7 Å². The number of carboxylic acid groups (broad SMARTS) is 1. The Labute approximate surface area is 303 Å². The van der Waals surface area contributed by atoms with E-state index in [-0.39, 0.29) is 45.7 Å². The Morgan fingerprint density at radius 1 is 1.00 bits per heavy atom. The molecular formula is C37H35Cl2F2N3O7. The van der Waals surface area contributed by atoms with E-state index in [2.05, 4.69) is 4.90 Å². The second kappa shape index (κ2) is 15.3. The van der Waals surface area contributed by atoms with E-state index in [0.717, 1.165) is 43.0 Å². The van der Waals surface area contributed by atoms with Crippen molar-refractivity contribution in [1.82, 2.24) is 4.90 Å². The average molecular weight is 743 g/mol. The molecule has 51 heavy (non-hydrogen) atoms. The summed E-state index contributed by atoms with van der Waals surface area (Å²) in [5.41, 5.74) is 1.31. The number of halogens is 4. The summed E-state index contributed by atoms with van der Waals surface area (Å²) < 4.78 is 47.0. The molecule has 1 amide bonds. The molecule has 4 aromatic rings. The van der Waals surface area contributed by atoms with Crippen molar-refractivity contribution in [1.29, 1.82) is 0 Å². The minimum absolute atomic E-state index is 0.0512. The van der Waals surface area contributed by atoms with Crippen LogP contribution in [0, 0.1) is 17.6 Å². The van der Waals surface area contributed by atoms with Crippen LogP contribution in [0.15, 0.2) is 67.0 Å². The zero-order valence-corrected chi connectivity index (χ0v) is 29.3. The molecule has 3 fully saturated rings. The van der Waals surface area contributed by atoms with E-state index in [1.807, 2.05) is 0 Å². The van der Waals surface area contributed by atoms with Crippen molar-refractivity contribution < 1.29 is 47.6 Å². The van der Waals surface area contributed by atoms with E-state index >= 15 is 4.39 Å². The molecule has 268 valence electrons. The molecule has 1 aromatic heterocycles. The third-order valence-electron chi connectivity index (χ3n) is 9.61. The smallest absolute Gasteiger partial charge is 0.415 e. The summed E-state index contributed by atoms with van der Waals surface area (Å²) >= 11 is 13.1. The molecule has 3 aliphatic heterocycles. The van der Waals surface area contributed by atoms with E-state index in [9.17, 15) is 24.3 Å². The lowest BCUT2D eigenvalue weighted by Gasteiger charge is -2.44. The number of benzene rings is 3. The Balaban J connectivity index is 1.44. The number of hydrogen-bond acceptors (Lipinski definition) is 8. The van der Waals surface area contributed by atoms with E-state index in [0.29, 0.717) is 45.5 Å². The van der Waals surface area contributed by atoms with Crippen molar-refractivity contribution in [2.75, 3.05) is 38.8 Å². The number of carbonyl (C=O) groups is 2. The van der Waals surface area contributed by atoms with Crippen LogP contribution in [0.2, 0.25) is 10.0 Å². The number of carbonyl (C=O) groups excluding carboxylic acids is 2. The lowest BCUT2D eigenvalue weighted by atomic mass is 9.82. The largest absolute Gasteiger partial charge is 0.545 e. The Morgan fingerprint density at radius 3 is 2.31 bits per heavy atom. The van der Waals surface area contributed by atoms with Gasteiger partial charge in [0.05, 0.1) is 32.4 Å². The standard InChI is InChI=1S/C37H35Cl2F2N3O7/c1-49-33-8-4-23(14-34(33)50-2)26(16-28-29(38)18-43(48)19-30(28)39)27-13-21(3-6-25(27)36(45)46)17-44(32-7-5-24(40)15-31(32)41)37(47)51-35-20-42-11-9-22(35)10-12-42/h3-8,13-15,18-19,22,26,35H,9-12,16-17,20H2,1-2H3,(H-,45,46,48)/t26-,35-/m0/s1. The van der Waals surface area contributed by atoms with Crippen molar-refractivity contribution in [3.05, 3.63) is 116 Å². The van der Waals surface area contributed by atoms with Gasteiger partial charge in [-0.2, -0.15) is 0 Å². The monoisotopic (exact) mass is 741 g/mol. The van der Waals surface area contributed by atoms with Crippen molar-refractivity contribution in [3.8, 4) is 11.5 Å². The van der Waals surface area contributed by atoms with Crippen molar-refractivity contribution in [3.63, 3.8) is 0 Å². The van der Waals surface area contributed by atoms with Crippen LogP contribution in [-0.2, 0) is 17.7 Å². The van der Waals surface area contributed by atoms with Crippen LogP contribution in [0.25, 0.3) is 0 Å². The molecule has 3 aliphatic rings. The summed E-state index contributed by atoms with van der Waals surface area (Å²) in [6.07, 6.45) is 3.09. The number of nitrogens with zero attached hydrogens (tertiary/aromatic N) is 3. The summed E-state index contributed by atoms with van der Waals surface area (Å²) in [5.74, 6) is -3.04. The Hall–Kier alpha value is -4.65. The Kier molecular flexibility index (Phi) is 10.8. The van der Waals surface area contributed by atoms with Gasteiger partial charge in [-0.15, -0.1) is 0 Å². The number of aromatic carboxylic acids is 1. The normalized spacial score (nSPS) is 18.6. The summed E-state index contributed by atoms with van der Waals surface area (Å²) in [6, 6.07) is 12.4. The fourth-order valence-electron chi connectivity index (χ4n) is 6.97. The molecule has 14 heteroatoms. The molecule has 4 heterocycles. The fraction of sp³-hybridized carbons (Fsp3) is 0.324. The van der Waals surface area contributed by atoms with Crippen molar-refractivity contribution in [2.24, 2.45) is 5.92 Å². The first kappa shape index (κ1) is 36.2. The van der Waals surface area contributed by atoms with Gasteiger partial charge in [-0.25, -0.2) is 13.6 Å². The van der Waals surface area contributed by atoms with Crippen LogP contribution in [0.1, 0.15) is 51.4 Å². The highest BCUT2D eigenvalue weighted by atomic mass is 35.5. The number of anilines is 1. The van der Waals surface area contributed by atoms with Gasteiger partial charge < -0.3 is 24.1 Å². The van der Waals surface area contributed by atoms with Crippen LogP contribution in [0.3, 0.4) is 0 Å². The molecule has 0 aliphatic carbocycles. The van der Waals surface area contributed by atoms with E-state index < -0.39 is 35.7 Å². The second-order valence-corrected chi connectivity index (χ2v) is 13.4. The third kappa shape index (κ3) is 7.83. The van der Waals surface area contributed by atoms with Gasteiger partial charge in [-0.1, -0.05) is 47.5 Å². The molecule has 1 N–H and O–H groups in total. The van der Waals surface area contributed by atoms with Gasteiger partial charge >= 0.3 is 6.09 Å². The molecule has 3 saturated heterocycles. The van der Waals surface area contributed by atoms with Crippen LogP contribution in [0.5, 0.6) is 11.5 Å². The second-order valence-electron chi connectivity index (χ2n) is 12.6. The molecule has 2 bridgehead atoms. The molecule has 0 saturated carbocycles. The van der Waals surface area contributed by atoms with Crippen LogP contribution in [0.4, 0.5) is 19.3 Å². The number of hydrogen-bond donors (Lipinski definition) is 1. The molecular weight excluding hydrogens is 707 g/mol. The number of fused-ring (bicyclic) bond motifs is 3. The van der Waals surface area contributed by atoms with Gasteiger partial charge in [0.2, 0.25) is 12.4 Å². The third-order valence-corrected chi connectivity index (χ3v) is 10.3. The number of carboxylic acids is 1. The molecule has 10 nitrogen and oxygen atoms in total. The highest BCUT2D eigenvalue weighted by Crippen LogP contribution is 2.39. The Morgan fingerprint density at radius 2 is 1.71 bits per heavy atom. The quantitative estimate of drug-likeness (QED) is 0.152. The zero-order valence-electron chi connectivity index (χ0n) is 27.8. The van der Waals surface area contributed by atoms with Gasteiger partial charge in [0.1, 0.15) is 27.8 Å². The lowest BCUT2D eigenvalue weighted by Crippen LogP contribution is -2.53. The number of pyridine rings is 1. The maximum Gasteiger partial charge on any atom is 0.415 e. The lowest BCUT2D eigenvalue weighted by molar-refractivity contribution is -0.904. The highest BCUT2D eigenvalue weighted by Gasteiger charge is 2.38. The predicted molar refractivity (Wildman–Crippen MR) is 182 cm³/mol. The van der Waals surface area contributed by atoms with Crippen molar-refractivity contribution >= 4 is 41.0 Å². The number of rotatable bonds is 11. The predicted octanol–water partition coefficient (Wildman–Crippen LogP) is 5.79. The fourth-order valence-corrected chi connectivity index (χ4v) is 7.57. The first-order valence-corrected chi connectivity index (χ1v) is 17.0. The van der Waals surface area contributed by atoms with Gasteiger partial charge in [0, 0.05) is 34.4 Å². The maximum absolute atomic E-state index is 15.3. The molecule has 0 unspecified atom stereocenters.